The van der Waals surface area contributed by atoms with Crippen LogP contribution in [0.2, 0.25) is 5.02 Å². The summed E-state index contributed by atoms with van der Waals surface area (Å²) in [6, 6.07) is 3.01. The molecule has 0 spiro atoms. The third kappa shape index (κ3) is 5.14. The zero-order valence-electron chi connectivity index (χ0n) is 10.8. The Morgan fingerprint density at radius 2 is 2.26 bits per heavy atom. The molecule has 0 saturated heterocycles. The van der Waals surface area contributed by atoms with Gasteiger partial charge < -0.3 is 10.7 Å². The molecule has 8 heteroatoms. The highest BCUT2D eigenvalue weighted by Gasteiger charge is 2.15. The van der Waals surface area contributed by atoms with Gasteiger partial charge in [-0.25, -0.2) is 10.8 Å². The van der Waals surface area contributed by atoms with Gasteiger partial charge in [0.1, 0.15) is 11.5 Å². The van der Waals surface area contributed by atoms with E-state index >= 15 is 0 Å². The smallest absolute Gasteiger partial charge is 0.271 e. The van der Waals surface area contributed by atoms with Crippen LogP contribution in [0, 0.1) is 0 Å². The molecule has 4 N–H and O–H groups in total. The topological polar surface area (TPSA) is 97.1 Å². The van der Waals surface area contributed by atoms with Crippen molar-refractivity contribution in [3.63, 3.8) is 0 Å². The molecule has 0 saturated carbocycles. The number of nitrogen functional groups attached to an aromatic ring is 1. The Balaban J connectivity index is 2.69. The third-order valence-electron chi connectivity index (χ3n) is 2.42. The van der Waals surface area contributed by atoms with Crippen LogP contribution in [0.25, 0.3) is 0 Å². The molecule has 1 amide bonds. The van der Waals surface area contributed by atoms with Crippen molar-refractivity contribution in [2.24, 2.45) is 5.84 Å². The van der Waals surface area contributed by atoms with E-state index in [-0.39, 0.29) is 22.7 Å². The SMILES string of the molecule is CC(CCS(C)=O)NC(=O)c1nc(NN)ccc1Cl. The number of nitrogens with two attached hydrogens (primary N) is 1. The lowest BCUT2D eigenvalue weighted by Crippen LogP contribution is -2.34. The van der Waals surface area contributed by atoms with Gasteiger partial charge in [0.05, 0.1) is 5.02 Å². The molecule has 0 aliphatic heterocycles. The van der Waals surface area contributed by atoms with E-state index < -0.39 is 10.8 Å². The minimum absolute atomic E-state index is 0.108. The maximum Gasteiger partial charge on any atom is 0.271 e. The molecule has 0 radical (unpaired) electrons. The highest BCUT2D eigenvalue weighted by molar-refractivity contribution is 7.84. The highest BCUT2D eigenvalue weighted by Crippen LogP contribution is 2.16. The van der Waals surface area contributed by atoms with Gasteiger partial charge in [0.15, 0.2) is 0 Å². The predicted molar refractivity (Wildman–Crippen MR) is 77.5 cm³/mol. The first-order valence-electron chi connectivity index (χ1n) is 5.68. The summed E-state index contributed by atoms with van der Waals surface area (Å²) in [5, 5.41) is 3.01. The largest absolute Gasteiger partial charge is 0.348 e. The van der Waals surface area contributed by atoms with Crippen molar-refractivity contribution in [2.45, 2.75) is 19.4 Å². The predicted octanol–water partition coefficient (Wildman–Crippen LogP) is 0.907. The zero-order chi connectivity index (χ0) is 14.4. The molecule has 106 valence electrons. The zero-order valence-corrected chi connectivity index (χ0v) is 12.3. The van der Waals surface area contributed by atoms with E-state index in [0.717, 1.165) is 0 Å². The number of hydrazine groups is 1. The first-order valence-corrected chi connectivity index (χ1v) is 7.78. The number of rotatable bonds is 6. The lowest BCUT2D eigenvalue weighted by Gasteiger charge is -2.13. The van der Waals surface area contributed by atoms with Crippen LogP contribution < -0.4 is 16.6 Å². The molecule has 2 unspecified atom stereocenters. The van der Waals surface area contributed by atoms with Gasteiger partial charge >= 0.3 is 0 Å². The van der Waals surface area contributed by atoms with Gasteiger partial charge in [-0.3, -0.25) is 9.00 Å². The van der Waals surface area contributed by atoms with Crippen molar-refractivity contribution >= 4 is 34.1 Å². The average Bonchev–Trinajstić information content (AvgIpc) is 2.36. The normalized spacial score (nSPS) is 13.7. The van der Waals surface area contributed by atoms with Crippen molar-refractivity contribution in [1.29, 1.82) is 0 Å². The van der Waals surface area contributed by atoms with E-state index in [9.17, 15) is 9.00 Å². The number of nitrogens with zero attached hydrogens (tertiary/aromatic N) is 1. The Morgan fingerprint density at radius 3 is 2.84 bits per heavy atom. The van der Waals surface area contributed by atoms with Gasteiger partial charge in [0.25, 0.3) is 5.91 Å². The van der Waals surface area contributed by atoms with Gasteiger partial charge in [0, 0.05) is 28.9 Å². The maximum atomic E-state index is 12.0. The van der Waals surface area contributed by atoms with E-state index in [0.29, 0.717) is 18.0 Å². The van der Waals surface area contributed by atoms with Crippen LogP contribution >= 0.6 is 11.6 Å². The van der Waals surface area contributed by atoms with Crippen LogP contribution in [0.5, 0.6) is 0 Å². The summed E-state index contributed by atoms with van der Waals surface area (Å²) in [6.45, 7) is 1.84. The van der Waals surface area contributed by atoms with Gasteiger partial charge in [-0.05, 0) is 25.5 Å². The number of hydrogen-bond acceptors (Lipinski definition) is 5. The van der Waals surface area contributed by atoms with Gasteiger partial charge in [-0.2, -0.15) is 0 Å². The Labute approximate surface area is 119 Å². The second-order valence-corrected chi connectivity index (χ2v) is 6.07. The molecule has 1 heterocycles. The molecule has 0 aliphatic rings. The Bertz CT molecular complexity index is 484. The minimum Gasteiger partial charge on any atom is -0.348 e. The van der Waals surface area contributed by atoms with Crippen LogP contribution in [0.15, 0.2) is 12.1 Å². The number of aromatic nitrogens is 1. The molecule has 0 bridgehead atoms. The standard InChI is InChI=1S/C11H17ClN4O2S/c1-7(5-6-19(2)18)14-11(17)10-8(12)3-4-9(15-10)16-13/h3-4,7H,5-6,13H2,1-2H3,(H,14,17)(H,15,16). The molecule has 1 aromatic heterocycles. The van der Waals surface area contributed by atoms with Crippen LogP contribution in [-0.4, -0.2) is 33.2 Å². The summed E-state index contributed by atoms with van der Waals surface area (Å²) in [6.07, 6.45) is 2.25. The first-order chi connectivity index (χ1) is 8.93. The second kappa shape index (κ2) is 7.42. The summed E-state index contributed by atoms with van der Waals surface area (Å²) >= 11 is 5.92. The van der Waals surface area contributed by atoms with Crippen LogP contribution in [0.3, 0.4) is 0 Å². The summed E-state index contributed by atoms with van der Waals surface area (Å²) in [5.74, 6) is 5.74. The maximum absolute atomic E-state index is 12.0. The number of amides is 1. The Morgan fingerprint density at radius 1 is 1.58 bits per heavy atom. The number of anilines is 1. The van der Waals surface area contributed by atoms with Crippen molar-refractivity contribution in [3.8, 4) is 0 Å². The fraction of sp³-hybridized carbons (Fsp3) is 0.455. The summed E-state index contributed by atoms with van der Waals surface area (Å²) in [4.78, 5) is 16.0. The lowest BCUT2D eigenvalue weighted by molar-refractivity contribution is 0.0934. The van der Waals surface area contributed by atoms with Crippen molar-refractivity contribution in [2.75, 3.05) is 17.4 Å². The van der Waals surface area contributed by atoms with Crippen molar-refractivity contribution < 1.29 is 9.00 Å². The lowest BCUT2D eigenvalue weighted by atomic mass is 10.2. The molecule has 6 nitrogen and oxygen atoms in total. The van der Waals surface area contributed by atoms with E-state index in [4.69, 9.17) is 17.4 Å². The first kappa shape index (κ1) is 15.9. The number of hydrogen-bond donors (Lipinski definition) is 3. The van der Waals surface area contributed by atoms with Crippen LogP contribution in [-0.2, 0) is 10.8 Å². The molecule has 1 aromatic rings. The second-order valence-electron chi connectivity index (χ2n) is 4.11. The molecule has 2 atom stereocenters. The van der Waals surface area contributed by atoms with Gasteiger partial charge in [-0.15, -0.1) is 0 Å². The van der Waals surface area contributed by atoms with Crippen molar-refractivity contribution in [3.05, 3.63) is 22.8 Å². The number of halogens is 1. The minimum atomic E-state index is -0.874. The quantitative estimate of drug-likeness (QED) is 0.536. The Kier molecular flexibility index (Phi) is 6.20. The number of carbonyl (C=O) groups excluding carboxylic acids is 1. The van der Waals surface area contributed by atoms with Crippen LogP contribution in [0.1, 0.15) is 23.8 Å². The monoisotopic (exact) mass is 304 g/mol. The van der Waals surface area contributed by atoms with E-state index in [2.05, 4.69) is 15.7 Å². The average molecular weight is 305 g/mol. The summed E-state index contributed by atoms with van der Waals surface area (Å²) in [7, 11) is -0.874. The summed E-state index contributed by atoms with van der Waals surface area (Å²) in [5.41, 5.74) is 2.47. The third-order valence-corrected chi connectivity index (χ3v) is 3.54. The summed E-state index contributed by atoms with van der Waals surface area (Å²) < 4.78 is 11.0. The molecule has 19 heavy (non-hydrogen) atoms. The highest BCUT2D eigenvalue weighted by atomic mass is 35.5. The van der Waals surface area contributed by atoms with Gasteiger partial charge in [-0.1, -0.05) is 11.6 Å². The van der Waals surface area contributed by atoms with E-state index in [1.165, 1.54) is 0 Å². The van der Waals surface area contributed by atoms with Crippen molar-refractivity contribution in [1.82, 2.24) is 10.3 Å². The fourth-order valence-electron chi connectivity index (χ4n) is 1.39. The van der Waals surface area contributed by atoms with Gasteiger partial charge in [0.2, 0.25) is 0 Å². The number of pyridine rings is 1. The van der Waals surface area contributed by atoms with E-state index in [1.54, 1.807) is 18.4 Å². The number of carbonyl (C=O) groups is 1. The molecular weight excluding hydrogens is 288 g/mol. The van der Waals surface area contributed by atoms with Crippen LogP contribution in [0.4, 0.5) is 5.82 Å². The fourth-order valence-corrected chi connectivity index (χ4v) is 2.27. The molecule has 0 aliphatic carbocycles. The molecule has 1 rings (SSSR count). The molecule has 0 aromatic carbocycles. The molecular formula is C11H17ClN4O2S. The van der Waals surface area contributed by atoms with E-state index in [1.807, 2.05) is 6.92 Å². The number of nitrogens with one attached hydrogen (secondary N) is 2. The molecule has 0 fully saturated rings. The Hall–Kier alpha value is -1.18.